The summed E-state index contributed by atoms with van der Waals surface area (Å²) in [4.78, 5) is 7.49. The zero-order chi connectivity index (χ0) is 23.9. The van der Waals surface area contributed by atoms with Crippen LogP contribution in [-0.2, 0) is 0 Å². The summed E-state index contributed by atoms with van der Waals surface area (Å²) in [5, 5.41) is 3.09. The van der Waals surface area contributed by atoms with Crippen molar-refractivity contribution in [3.05, 3.63) is 129 Å². The Bertz CT molecular complexity index is 1390. The van der Waals surface area contributed by atoms with Gasteiger partial charge < -0.3 is 4.90 Å². The monoisotopic (exact) mass is 482 g/mol. The quantitative estimate of drug-likeness (QED) is 0.374. The van der Waals surface area contributed by atoms with E-state index >= 15 is 0 Å². The van der Waals surface area contributed by atoms with Gasteiger partial charge in [-0.05, 0) is 76.9 Å². The van der Waals surface area contributed by atoms with Crippen LogP contribution in [0.4, 0.5) is 8.78 Å². The van der Waals surface area contributed by atoms with Crippen LogP contribution in [0.5, 0.6) is 0 Å². The summed E-state index contributed by atoms with van der Waals surface area (Å²) in [7, 11) is 0. The molecule has 5 heteroatoms. The van der Waals surface area contributed by atoms with Crippen LogP contribution in [0.1, 0.15) is 42.5 Å². The van der Waals surface area contributed by atoms with E-state index in [2.05, 4.69) is 35.4 Å². The highest BCUT2D eigenvalue weighted by molar-refractivity contribution is 8.16. The van der Waals surface area contributed by atoms with Gasteiger partial charge in [-0.15, -0.1) is 0 Å². The van der Waals surface area contributed by atoms with E-state index in [4.69, 9.17) is 4.99 Å². The summed E-state index contributed by atoms with van der Waals surface area (Å²) in [6, 6.07) is 23.7. The second kappa shape index (κ2) is 8.97. The van der Waals surface area contributed by atoms with Gasteiger partial charge in [0.25, 0.3) is 0 Å². The lowest BCUT2D eigenvalue weighted by Gasteiger charge is -2.41. The van der Waals surface area contributed by atoms with Crippen molar-refractivity contribution in [2.45, 2.75) is 25.8 Å². The smallest absolute Gasteiger partial charge is 0.174 e. The minimum absolute atomic E-state index is 0.0704. The third kappa shape index (κ3) is 4.14. The number of benzene rings is 3. The molecule has 0 radical (unpaired) electrons. The molecule has 0 N–H and O–H groups in total. The van der Waals surface area contributed by atoms with Crippen LogP contribution in [0.25, 0.3) is 11.8 Å². The Kier molecular flexibility index (Phi) is 5.65. The Balaban J connectivity index is 1.51. The SMILES string of the molecule is C[C@H]1CC2=C(N=C3SC=C(c4ccccc4)N3[C@H]2c2ccc(F)cc2)/C(=C/c2ccc(F)cc2)C1. The molecule has 0 amide bonds. The first-order valence-electron chi connectivity index (χ1n) is 11.8. The molecule has 6 rings (SSSR count). The maximum Gasteiger partial charge on any atom is 0.174 e. The van der Waals surface area contributed by atoms with Crippen molar-refractivity contribution in [1.29, 1.82) is 0 Å². The fraction of sp³-hybridized carbons (Fsp3) is 0.167. The Morgan fingerprint density at radius 3 is 2.29 bits per heavy atom. The van der Waals surface area contributed by atoms with E-state index in [0.717, 1.165) is 46.1 Å². The van der Waals surface area contributed by atoms with Crippen molar-refractivity contribution in [2.24, 2.45) is 10.9 Å². The second-order valence-electron chi connectivity index (χ2n) is 9.31. The molecule has 3 aliphatic rings. The molecule has 0 aromatic heterocycles. The fourth-order valence-electron chi connectivity index (χ4n) is 5.21. The van der Waals surface area contributed by atoms with Crippen LogP contribution < -0.4 is 0 Å². The molecule has 2 nitrogen and oxygen atoms in total. The van der Waals surface area contributed by atoms with Crippen LogP contribution in [0.3, 0.4) is 0 Å². The highest BCUT2D eigenvalue weighted by atomic mass is 32.2. The average Bonchev–Trinajstić information content (AvgIpc) is 3.29. The van der Waals surface area contributed by atoms with Crippen LogP contribution in [-0.4, -0.2) is 10.1 Å². The first-order chi connectivity index (χ1) is 17.1. The molecule has 0 spiro atoms. The Labute approximate surface area is 208 Å². The standard InChI is InChI=1S/C30H24F2N2S/c1-19-15-23(17-20-7-11-24(31)12-8-20)28-26(16-19)29(22-9-13-25(32)14-10-22)34-27(18-35-30(34)33-28)21-5-3-2-4-6-21/h2-14,17-19,29H,15-16H2,1H3/b23-17+/t19-,29+/m1/s1. The summed E-state index contributed by atoms with van der Waals surface area (Å²) in [6.45, 7) is 2.26. The van der Waals surface area contributed by atoms with Gasteiger partial charge in [0.1, 0.15) is 11.6 Å². The number of nitrogens with zero attached hydrogens (tertiary/aromatic N) is 2. The lowest BCUT2D eigenvalue weighted by molar-refractivity contribution is 0.425. The van der Waals surface area contributed by atoms with Gasteiger partial charge in [0.05, 0.1) is 17.4 Å². The first kappa shape index (κ1) is 22.1. The predicted molar refractivity (Wildman–Crippen MR) is 140 cm³/mol. The van der Waals surface area contributed by atoms with Gasteiger partial charge in [0.15, 0.2) is 5.17 Å². The summed E-state index contributed by atoms with van der Waals surface area (Å²) < 4.78 is 27.4. The predicted octanol–water partition coefficient (Wildman–Crippen LogP) is 8.19. The Morgan fingerprint density at radius 2 is 1.57 bits per heavy atom. The molecule has 3 aromatic carbocycles. The van der Waals surface area contributed by atoms with E-state index in [1.54, 1.807) is 23.9 Å². The van der Waals surface area contributed by atoms with E-state index in [0.29, 0.717) is 5.92 Å². The van der Waals surface area contributed by atoms with Gasteiger partial charge >= 0.3 is 0 Å². The van der Waals surface area contributed by atoms with Crippen LogP contribution in [0.15, 0.2) is 106 Å². The molecular formula is C30H24F2N2S. The Morgan fingerprint density at radius 1 is 0.886 bits per heavy atom. The molecule has 0 saturated carbocycles. The zero-order valence-electron chi connectivity index (χ0n) is 19.3. The summed E-state index contributed by atoms with van der Waals surface area (Å²) in [5.74, 6) is -0.0494. The lowest BCUT2D eigenvalue weighted by atomic mass is 9.78. The first-order valence-corrected chi connectivity index (χ1v) is 12.7. The van der Waals surface area contributed by atoms with Crippen LogP contribution in [0, 0.1) is 17.6 Å². The number of aliphatic imine (C=N–C) groups is 1. The molecule has 35 heavy (non-hydrogen) atoms. The van der Waals surface area contributed by atoms with Gasteiger partial charge in [-0.1, -0.05) is 73.3 Å². The van der Waals surface area contributed by atoms with Gasteiger partial charge in [0, 0.05) is 5.41 Å². The number of allylic oxidation sites excluding steroid dienone is 1. The maximum absolute atomic E-state index is 13.9. The number of rotatable bonds is 3. The van der Waals surface area contributed by atoms with Crippen molar-refractivity contribution in [3.8, 4) is 0 Å². The van der Waals surface area contributed by atoms with Crippen LogP contribution in [0.2, 0.25) is 0 Å². The number of amidine groups is 1. The molecule has 0 bridgehead atoms. The topological polar surface area (TPSA) is 15.6 Å². The highest BCUT2D eigenvalue weighted by Gasteiger charge is 2.41. The van der Waals surface area contributed by atoms with Crippen LogP contribution >= 0.6 is 11.8 Å². The third-order valence-electron chi connectivity index (χ3n) is 6.75. The number of hydrogen-bond acceptors (Lipinski definition) is 3. The van der Waals surface area contributed by atoms with Gasteiger partial charge in [-0.3, -0.25) is 0 Å². The Hall–Kier alpha value is -3.44. The molecule has 1 aliphatic carbocycles. The number of thioether (sulfide) groups is 1. The van der Waals surface area contributed by atoms with Gasteiger partial charge in [-0.25, -0.2) is 13.8 Å². The maximum atomic E-state index is 13.9. The molecule has 2 aliphatic heterocycles. The molecule has 0 unspecified atom stereocenters. The minimum Gasteiger partial charge on any atom is -0.308 e. The molecule has 2 heterocycles. The number of halogens is 2. The largest absolute Gasteiger partial charge is 0.308 e. The van der Waals surface area contributed by atoms with Crippen molar-refractivity contribution >= 4 is 28.7 Å². The minimum atomic E-state index is -0.240. The summed E-state index contributed by atoms with van der Waals surface area (Å²) in [6.07, 6.45) is 3.96. The van der Waals surface area contributed by atoms with E-state index in [-0.39, 0.29) is 17.7 Å². The highest BCUT2D eigenvalue weighted by Crippen LogP contribution is 2.51. The average molecular weight is 483 g/mol. The second-order valence-corrected chi connectivity index (χ2v) is 10.2. The van der Waals surface area contributed by atoms with Gasteiger partial charge in [-0.2, -0.15) is 0 Å². The number of hydrogen-bond donors (Lipinski definition) is 0. The summed E-state index contributed by atoms with van der Waals surface area (Å²) >= 11 is 1.63. The van der Waals surface area contributed by atoms with E-state index in [1.165, 1.54) is 35.4 Å². The molecule has 3 aromatic rings. The number of fused-ring (bicyclic) bond motifs is 1. The van der Waals surface area contributed by atoms with E-state index in [9.17, 15) is 8.78 Å². The summed E-state index contributed by atoms with van der Waals surface area (Å²) in [5.41, 5.74) is 7.68. The lowest BCUT2D eigenvalue weighted by Crippen LogP contribution is -2.35. The zero-order valence-corrected chi connectivity index (χ0v) is 20.1. The van der Waals surface area contributed by atoms with E-state index in [1.807, 2.05) is 30.3 Å². The molecule has 0 saturated heterocycles. The third-order valence-corrected chi connectivity index (χ3v) is 7.59. The van der Waals surface area contributed by atoms with Crippen molar-refractivity contribution < 1.29 is 8.78 Å². The molecule has 0 fully saturated rings. The van der Waals surface area contributed by atoms with Crippen molar-refractivity contribution in [2.75, 3.05) is 0 Å². The van der Waals surface area contributed by atoms with Gasteiger partial charge in [0.2, 0.25) is 0 Å². The molecular weight excluding hydrogens is 458 g/mol. The fourth-order valence-corrected chi connectivity index (χ4v) is 6.14. The van der Waals surface area contributed by atoms with Crippen molar-refractivity contribution in [1.82, 2.24) is 4.90 Å². The molecule has 174 valence electrons. The van der Waals surface area contributed by atoms with E-state index < -0.39 is 0 Å². The van der Waals surface area contributed by atoms with Crippen molar-refractivity contribution in [3.63, 3.8) is 0 Å². The molecule has 2 atom stereocenters. The normalized spacial score (nSPS) is 22.6.